The number of carbonyl (C=O) groups is 2. The first-order valence-electron chi connectivity index (χ1n) is 9.93. The molecule has 0 spiro atoms. The summed E-state index contributed by atoms with van der Waals surface area (Å²) in [6.45, 7) is 10.9. The van der Waals surface area contributed by atoms with Crippen LogP contribution in [0.3, 0.4) is 0 Å². The van der Waals surface area contributed by atoms with Gasteiger partial charge in [-0.1, -0.05) is 32.0 Å². The predicted octanol–water partition coefficient (Wildman–Crippen LogP) is 3.82. The number of benzene rings is 2. The average Bonchev–Trinajstić information content (AvgIpc) is 2.71. The van der Waals surface area contributed by atoms with E-state index in [0.29, 0.717) is 24.4 Å². The fourth-order valence-electron chi connectivity index (χ4n) is 2.94. The zero-order chi connectivity index (χ0) is 21.2. The van der Waals surface area contributed by atoms with Gasteiger partial charge in [0.1, 0.15) is 12.4 Å². The quantitative estimate of drug-likeness (QED) is 0.616. The second kappa shape index (κ2) is 11.2. The first-order chi connectivity index (χ1) is 13.9. The molecule has 6 nitrogen and oxygen atoms in total. The highest BCUT2D eigenvalue weighted by Crippen LogP contribution is 2.22. The minimum Gasteiger partial charge on any atom is -0.483 e. The second-order valence-corrected chi connectivity index (χ2v) is 6.80. The number of anilines is 1. The first-order valence-corrected chi connectivity index (χ1v) is 9.93. The molecule has 1 amide bonds. The van der Waals surface area contributed by atoms with Gasteiger partial charge in [0, 0.05) is 12.2 Å². The van der Waals surface area contributed by atoms with Crippen molar-refractivity contribution in [1.29, 1.82) is 0 Å². The highest BCUT2D eigenvalue weighted by Gasteiger charge is 2.10. The van der Waals surface area contributed by atoms with Gasteiger partial charge in [-0.25, -0.2) is 4.79 Å². The monoisotopic (exact) mass is 398 g/mol. The van der Waals surface area contributed by atoms with Crippen LogP contribution in [0.25, 0.3) is 0 Å². The van der Waals surface area contributed by atoms with Crippen LogP contribution in [0.4, 0.5) is 5.69 Å². The van der Waals surface area contributed by atoms with Gasteiger partial charge in [-0.2, -0.15) is 0 Å². The maximum atomic E-state index is 12.2. The molecule has 0 heterocycles. The van der Waals surface area contributed by atoms with Crippen molar-refractivity contribution in [3.63, 3.8) is 0 Å². The van der Waals surface area contributed by atoms with Gasteiger partial charge in [0.15, 0.2) is 6.61 Å². The van der Waals surface area contributed by atoms with Gasteiger partial charge >= 0.3 is 5.97 Å². The van der Waals surface area contributed by atoms with Crippen molar-refractivity contribution < 1.29 is 19.1 Å². The van der Waals surface area contributed by atoms with Crippen molar-refractivity contribution in [1.82, 2.24) is 4.90 Å². The van der Waals surface area contributed by atoms with Crippen LogP contribution < -0.4 is 10.1 Å². The van der Waals surface area contributed by atoms with Gasteiger partial charge in [-0.15, -0.1) is 0 Å². The molecule has 0 bridgehead atoms. The average molecular weight is 399 g/mol. The number of para-hydroxylation sites is 1. The van der Waals surface area contributed by atoms with Crippen LogP contribution in [0.15, 0.2) is 42.5 Å². The Kier molecular flexibility index (Phi) is 8.68. The van der Waals surface area contributed by atoms with Crippen LogP contribution in [0.5, 0.6) is 5.75 Å². The molecule has 0 saturated carbocycles. The molecule has 0 unspecified atom stereocenters. The molecule has 0 atom stereocenters. The normalized spacial score (nSPS) is 10.7. The van der Waals surface area contributed by atoms with E-state index >= 15 is 0 Å². The van der Waals surface area contributed by atoms with E-state index < -0.39 is 0 Å². The third-order valence-electron chi connectivity index (χ3n) is 4.70. The van der Waals surface area contributed by atoms with Gasteiger partial charge in [-0.3, -0.25) is 4.79 Å². The van der Waals surface area contributed by atoms with Gasteiger partial charge < -0.3 is 19.7 Å². The van der Waals surface area contributed by atoms with Gasteiger partial charge in [0.25, 0.3) is 5.91 Å². The van der Waals surface area contributed by atoms with E-state index in [4.69, 9.17) is 9.47 Å². The van der Waals surface area contributed by atoms with Crippen LogP contribution in [0, 0.1) is 13.8 Å². The highest BCUT2D eigenvalue weighted by atomic mass is 16.5. The lowest BCUT2D eigenvalue weighted by atomic mass is 10.1. The number of amides is 1. The van der Waals surface area contributed by atoms with E-state index in [1.807, 2.05) is 32.0 Å². The summed E-state index contributed by atoms with van der Waals surface area (Å²) in [4.78, 5) is 26.5. The van der Waals surface area contributed by atoms with Crippen molar-refractivity contribution in [2.75, 3.05) is 38.2 Å². The number of nitrogens with one attached hydrogen (secondary N) is 1. The largest absolute Gasteiger partial charge is 0.483 e. The molecular formula is C23H30N2O4. The number of rotatable bonds is 10. The summed E-state index contributed by atoms with van der Waals surface area (Å²) in [6.07, 6.45) is 0. The molecule has 0 aromatic heterocycles. The molecule has 156 valence electrons. The first kappa shape index (κ1) is 22.4. The van der Waals surface area contributed by atoms with Crippen molar-refractivity contribution in [3.05, 3.63) is 59.2 Å². The minimum absolute atomic E-state index is 0.0825. The van der Waals surface area contributed by atoms with Gasteiger partial charge in [-0.05, 0) is 62.3 Å². The molecule has 0 fully saturated rings. The Labute approximate surface area is 172 Å². The molecule has 0 radical (unpaired) electrons. The number of hydrogen-bond acceptors (Lipinski definition) is 5. The number of likely N-dealkylation sites (N-methyl/N-ethyl adjacent to an activating group) is 1. The molecule has 2 aromatic rings. The third kappa shape index (κ3) is 6.91. The maximum absolute atomic E-state index is 12.2. The highest BCUT2D eigenvalue weighted by molar-refractivity contribution is 5.93. The van der Waals surface area contributed by atoms with Crippen LogP contribution in [-0.4, -0.2) is 49.6 Å². The molecule has 0 aliphatic heterocycles. The minimum atomic E-state index is -0.367. The Hall–Kier alpha value is -2.86. The number of carbonyl (C=O) groups excluding carboxylic acids is 2. The molecule has 29 heavy (non-hydrogen) atoms. The summed E-state index contributed by atoms with van der Waals surface area (Å²) in [7, 11) is 0. The summed E-state index contributed by atoms with van der Waals surface area (Å²) in [5.41, 5.74) is 3.03. The Morgan fingerprint density at radius 3 is 2.17 bits per heavy atom. The Bertz CT molecular complexity index is 794. The summed E-state index contributed by atoms with van der Waals surface area (Å²) in [6, 6.07) is 12.5. The van der Waals surface area contributed by atoms with Crippen molar-refractivity contribution in [2.24, 2.45) is 0 Å². The Morgan fingerprint density at radius 1 is 0.966 bits per heavy atom. The van der Waals surface area contributed by atoms with Gasteiger partial charge in [0.2, 0.25) is 0 Å². The molecule has 0 aliphatic carbocycles. The Morgan fingerprint density at radius 2 is 1.59 bits per heavy atom. The van der Waals surface area contributed by atoms with Crippen LogP contribution in [0.2, 0.25) is 0 Å². The standard InChI is InChI=1S/C23H30N2O4/c1-5-25(6-2)14-15-28-23(27)19-10-12-20(13-11-19)24-21(26)16-29-22-17(3)8-7-9-18(22)4/h7-13H,5-6,14-16H2,1-4H3,(H,24,26). The van der Waals surface area contributed by atoms with Crippen LogP contribution >= 0.6 is 0 Å². The van der Waals surface area contributed by atoms with E-state index in [2.05, 4.69) is 24.1 Å². The van der Waals surface area contributed by atoms with Gasteiger partial charge in [0.05, 0.1) is 5.56 Å². The molecule has 2 aromatic carbocycles. The molecule has 1 N–H and O–H groups in total. The topological polar surface area (TPSA) is 67.9 Å². The summed E-state index contributed by atoms with van der Waals surface area (Å²) in [5, 5.41) is 2.77. The van der Waals surface area contributed by atoms with Crippen LogP contribution in [-0.2, 0) is 9.53 Å². The number of hydrogen-bond donors (Lipinski definition) is 1. The molecule has 0 saturated heterocycles. The van der Waals surface area contributed by atoms with Crippen LogP contribution in [0.1, 0.15) is 35.3 Å². The maximum Gasteiger partial charge on any atom is 0.338 e. The van der Waals surface area contributed by atoms with Crippen molar-refractivity contribution in [2.45, 2.75) is 27.7 Å². The molecule has 2 rings (SSSR count). The number of esters is 1. The van der Waals surface area contributed by atoms with E-state index in [0.717, 1.165) is 30.0 Å². The summed E-state index contributed by atoms with van der Waals surface area (Å²) < 4.78 is 11.0. The lowest BCUT2D eigenvalue weighted by molar-refractivity contribution is -0.118. The second-order valence-electron chi connectivity index (χ2n) is 6.80. The van der Waals surface area contributed by atoms with E-state index in [1.54, 1.807) is 24.3 Å². The molecular weight excluding hydrogens is 368 g/mol. The van der Waals surface area contributed by atoms with E-state index in [9.17, 15) is 9.59 Å². The van der Waals surface area contributed by atoms with E-state index in [1.165, 1.54) is 0 Å². The predicted molar refractivity (Wildman–Crippen MR) is 115 cm³/mol. The number of aryl methyl sites for hydroxylation is 2. The lowest BCUT2D eigenvalue weighted by Crippen LogP contribution is -2.27. The lowest BCUT2D eigenvalue weighted by Gasteiger charge is -2.17. The van der Waals surface area contributed by atoms with Crippen molar-refractivity contribution >= 4 is 17.6 Å². The fourth-order valence-corrected chi connectivity index (χ4v) is 2.94. The van der Waals surface area contributed by atoms with E-state index in [-0.39, 0.29) is 18.5 Å². The van der Waals surface area contributed by atoms with Crippen molar-refractivity contribution in [3.8, 4) is 5.75 Å². The summed E-state index contributed by atoms with van der Waals surface area (Å²) >= 11 is 0. The zero-order valence-corrected chi connectivity index (χ0v) is 17.7. The number of nitrogens with zero attached hydrogens (tertiary/aromatic N) is 1. The SMILES string of the molecule is CCN(CC)CCOC(=O)c1ccc(NC(=O)COc2c(C)cccc2C)cc1. The fraction of sp³-hybridized carbons (Fsp3) is 0.391. The molecule has 6 heteroatoms. The summed E-state index contributed by atoms with van der Waals surface area (Å²) in [5.74, 6) is 0.0982. The Balaban J connectivity index is 1.82. The zero-order valence-electron chi connectivity index (χ0n) is 17.7. The molecule has 0 aliphatic rings. The third-order valence-corrected chi connectivity index (χ3v) is 4.70. The smallest absolute Gasteiger partial charge is 0.338 e. The number of ether oxygens (including phenoxy) is 2.